The van der Waals surface area contributed by atoms with Gasteiger partial charge in [0.05, 0.1) is 0 Å². The van der Waals surface area contributed by atoms with Crippen LogP contribution in [0, 0.1) is 0 Å². The van der Waals surface area contributed by atoms with Crippen molar-refractivity contribution in [1.29, 1.82) is 0 Å². The molecule has 0 fully saturated rings. The largest absolute Gasteiger partial charge is 0.245 e. The highest BCUT2D eigenvalue weighted by molar-refractivity contribution is 5.82. The molecule has 0 aliphatic carbocycles. The van der Waals surface area contributed by atoms with E-state index in [0.717, 1.165) is 0 Å². The molecule has 2 atom stereocenters. The van der Waals surface area contributed by atoms with Crippen LogP contribution in [0.4, 0.5) is 11.4 Å². The van der Waals surface area contributed by atoms with E-state index in [1.807, 2.05) is 0 Å². The van der Waals surface area contributed by atoms with Gasteiger partial charge < -0.3 is 0 Å². The monoisotopic (exact) mass is 459 g/mol. The number of para-hydroxylation sites is 2. The van der Waals surface area contributed by atoms with Crippen LogP contribution in [0.1, 0.15) is 73.9 Å². The minimum absolute atomic E-state index is 0.138. The number of anilines is 1. The highest BCUT2D eigenvalue weighted by Gasteiger charge is 2.46. The van der Waals surface area contributed by atoms with Crippen molar-refractivity contribution in [2.75, 3.05) is 4.90 Å². The SMILES string of the molecule is CC(C)c1ccccc1N1C=[N+](c2ccccc2C(C)C)[C@H](c2ccccc2)[C@H]1c1ccccc1. The molecule has 1 aliphatic heterocycles. The van der Waals surface area contributed by atoms with Crippen LogP contribution in [0.2, 0.25) is 0 Å². The van der Waals surface area contributed by atoms with Crippen molar-refractivity contribution in [3.63, 3.8) is 0 Å². The fraction of sp³-hybridized carbons (Fsp3) is 0.242. The topological polar surface area (TPSA) is 6.25 Å². The second kappa shape index (κ2) is 9.92. The van der Waals surface area contributed by atoms with E-state index in [-0.39, 0.29) is 12.1 Å². The van der Waals surface area contributed by atoms with E-state index < -0.39 is 0 Å². The quantitative estimate of drug-likeness (QED) is 0.262. The molecule has 0 unspecified atom stereocenters. The van der Waals surface area contributed by atoms with Crippen molar-refractivity contribution in [3.8, 4) is 0 Å². The van der Waals surface area contributed by atoms with Crippen molar-refractivity contribution >= 4 is 17.7 Å². The molecule has 0 saturated heterocycles. The Bertz CT molecular complexity index is 1310. The summed E-state index contributed by atoms with van der Waals surface area (Å²) in [7, 11) is 0. The van der Waals surface area contributed by atoms with Gasteiger partial charge in [-0.1, -0.05) is 125 Å². The Morgan fingerprint density at radius 2 is 1.09 bits per heavy atom. The molecule has 4 aromatic rings. The Morgan fingerprint density at radius 3 is 1.71 bits per heavy atom. The maximum atomic E-state index is 2.51. The minimum Gasteiger partial charge on any atom is -0.222 e. The van der Waals surface area contributed by atoms with Crippen LogP contribution < -0.4 is 4.90 Å². The molecule has 0 bridgehead atoms. The van der Waals surface area contributed by atoms with E-state index in [0.29, 0.717) is 11.8 Å². The number of hydrogen-bond acceptors (Lipinski definition) is 1. The molecular weight excluding hydrogens is 424 g/mol. The summed E-state index contributed by atoms with van der Waals surface area (Å²) in [5, 5.41) is 0. The average Bonchev–Trinajstić information content (AvgIpc) is 3.30. The molecule has 1 aliphatic rings. The molecule has 0 amide bonds. The molecule has 2 nitrogen and oxygen atoms in total. The summed E-state index contributed by atoms with van der Waals surface area (Å²) in [6.45, 7) is 9.14. The van der Waals surface area contributed by atoms with Crippen LogP contribution in [-0.4, -0.2) is 10.9 Å². The van der Waals surface area contributed by atoms with Gasteiger partial charge in [-0.05, 0) is 24.0 Å². The first-order chi connectivity index (χ1) is 17.1. The molecule has 0 aromatic heterocycles. The second-order valence-corrected chi connectivity index (χ2v) is 10.1. The number of nitrogens with zero attached hydrogens (tertiary/aromatic N) is 2. The molecule has 176 valence electrons. The third-order valence-corrected chi connectivity index (χ3v) is 7.10. The lowest BCUT2D eigenvalue weighted by Crippen LogP contribution is -2.27. The zero-order chi connectivity index (χ0) is 24.4. The Kier molecular flexibility index (Phi) is 6.55. The molecule has 1 heterocycles. The maximum Gasteiger partial charge on any atom is 0.245 e. The maximum absolute atomic E-state index is 2.51. The van der Waals surface area contributed by atoms with Gasteiger partial charge in [-0.3, -0.25) is 0 Å². The Hall–Kier alpha value is -3.65. The molecule has 0 spiro atoms. The summed E-state index contributed by atoms with van der Waals surface area (Å²) in [6, 6.07) is 40.0. The Balaban J connectivity index is 1.79. The first-order valence-electron chi connectivity index (χ1n) is 12.8. The van der Waals surface area contributed by atoms with Crippen molar-refractivity contribution < 1.29 is 4.58 Å². The van der Waals surface area contributed by atoms with Gasteiger partial charge in [0.2, 0.25) is 6.34 Å². The van der Waals surface area contributed by atoms with Gasteiger partial charge in [0.25, 0.3) is 0 Å². The van der Waals surface area contributed by atoms with Crippen LogP contribution >= 0.6 is 0 Å². The van der Waals surface area contributed by atoms with Gasteiger partial charge in [0, 0.05) is 22.3 Å². The molecular formula is C33H35N2+. The molecule has 35 heavy (non-hydrogen) atoms. The smallest absolute Gasteiger partial charge is 0.222 e. The molecule has 0 N–H and O–H groups in total. The third-order valence-electron chi connectivity index (χ3n) is 7.10. The zero-order valence-corrected chi connectivity index (χ0v) is 21.2. The third kappa shape index (κ3) is 4.41. The van der Waals surface area contributed by atoms with Crippen molar-refractivity contribution in [3.05, 3.63) is 131 Å². The van der Waals surface area contributed by atoms with Gasteiger partial charge >= 0.3 is 0 Å². The first-order valence-corrected chi connectivity index (χ1v) is 12.8. The van der Waals surface area contributed by atoms with Crippen LogP contribution in [0.3, 0.4) is 0 Å². The minimum atomic E-state index is 0.138. The molecule has 4 aromatic carbocycles. The van der Waals surface area contributed by atoms with Crippen LogP contribution in [0.15, 0.2) is 109 Å². The molecule has 0 radical (unpaired) electrons. The van der Waals surface area contributed by atoms with E-state index in [1.54, 1.807) is 0 Å². The van der Waals surface area contributed by atoms with E-state index in [4.69, 9.17) is 0 Å². The van der Waals surface area contributed by atoms with Crippen LogP contribution in [0.5, 0.6) is 0 Å². The van der Waals surface area contributed by atoms with Crippen molar-refractivity contribution in [2.45, 2.75) is 51.6 Å². The van der Waals surface area contributed by atoms with Gasteiger partial charge in [0.15, 0.2) is 12.1 Å². The van der Waals surface area contributed by atoms with Crippen molar-refractivity contribution in [2.24, 2.45) is 0 Å². The molecule has 2 heteroatoms. The highest BCUT2D eigenvalue weighted by Crippen LogP contribution is 2.47. The number of rotatable bonds is 6. The van der Waals surface area contributed by atoms with E-state index >= 15 is 0 Å². The Morgan fingerprint density at radius 1 is 0.571 bits per heavy atom. The number of benzene rings is 4. The fourth-order valence-corrected chi connectivity index (χ4v) is 5.41. The Labute approximate surface area is 210 Å². The number of hydrogen-bond donors (Lipinski definition) is 0. The van der Waals surface area contributed by atoms with E-state index in [9.17, 15) is 0 Å². The summed E-state index contributed by atoms with van der Waals surface area (Å²) >= 11 is 0. The van der Waals surface area contributed by atoms with Gasteiger partial charge in [-0.25, -0.2) is 9.48 Å². The van der Waals surface area contributed by atoms with E-state index in [1.165, 1.54) is 33.6 Å². The lowest BCUT2D eigenvalue weighted by molar-refractivity contribution is -0.482. The highest BCUT2D eigenvalue weighted by atomic mass is 15.3. The average molecular weight is 460 g/mol. The predicted octanol–water partition coefficient (Wildman–Crippen LogP) is 8.61. The predicted molar refractivity (Wildman–Crippen MR) is 148 cm³/mol. The summed E-state index contributed by atoms with van der Waals surface area (Å²) in [5.41, 5.74) is 7.94. The van der Waals surface area contributed by atoms with Gasteiger partial charge in [0.1, 0.15) is 11.4 Å². The lowest BCUT2D eigenvalue weighted by Gasteiger charge is -2.26. The second-order valence-electron chi connectivity index (χ2n) is 10.1. The fourth-order valence-electron chi connectivity index (χ4n) is 5.41. The summed E-state index contributed by atoms with van der Waals surface area (Å²) < 4.78 is 2.51. The standard InChI is InChI=1S/C33H35N2/c1-24(2)28-19-11-13-21-30(28)34-23-35(31-22-14-12-20-29(31)25(3)4)33(27-17-9-6-10-18-27)32(34)26-15-7-5-8-16-26/h5-25,32-33H,1-4H3/q+1/t32-,33-/m1/s1. The normalized spacial score (nSPS) is 17.8. The van der Waals surface area contributed by atoms with Crippen LogP contribution in [-0.2, 0) is 0 Å². The summed E-state index contributed by atoms with van der Waals surface area (Å²) in [5.74, 6) is 0.867. The van der Waals surface area contributed by atoms with E-state index in [2.05, 4.69) is 153 Å². The van der Waals surface area contributed by atoms with Gasteiger partial charge in [-0.15, -0.1) is 0 Å². The zero-order valence-electron chi connectivity index (χ0n) is 21.2. The summed E-state index contributed by atoms with van der Waals surface area (Å²) in [4.78, 5) is 2.51. The molecule has 0 saturated carbocycles. The molecule has 5 rings (SSSR count). The lowest BCUT2D eigenvalue weighted by atomic mass is 9.90. The summed E-state index contributed by atoms with van der Waals surface area (Å²) in [6.07, 6.45) is 2.36. The van der Waals surface area contributed by atoms with Crippen LogP contribution in [0.25, 0.3) is 0 Å². The van der Waals surface area contributed by atoms with Crippen molar-refractivity contribution in [1.82, 2.24) is 0 Å². The first kappa shape index (κ1) is 23.1. The van der Waals surface area contributed by atoms with Gasteiger partial charge in [-0.2, -0.15) is 0 Å².